The number of rotatable bonds is 9. The highest BCUT2D eigenvalue weighted by atomic mass is 19.1. The van der Waals surface area contributed by atoms with Gasteiger partial charge in [0.2, 0.25) is 0 Å². The van der Waals surface area contributed by atoms with E-state index in [-0.39, 0.29) is 11.6 Å². The molecule has 1 aliphatic rings. The van der Waals surface area contributed by atoms with Gasteiger partial charge < -0.3 is 5.32 Å². The number of aromatic nitrogens is 1. The predicted molar refractivity (Wildman–Crippen MR) is 122 cm³/mol. The number of nitrogens with zero attached hydrogens (tertiary/aromatic N) is 2. The molecule has 0 fully saturated rings. The van der Waals surface area contributed by atoms with Gasteiger partial charge in [0, 0.05) is 24.2 Å². The molecule has 0 unspecified atom stereocenters. The summed E-state index contributed by atoms with van der Waals surface area (Å²) in [6.07, 6.45) is 10.5. The van der Waals surface area contributed by atoms with E-state index in [1.54, 1.807) is 24.3 Å². The maximum Gasteiger partial charge on any atom is 0.155 e. The molecule has 0 amide bonds. The average molecular weight is 406 g/mol. The van der Waals surface area contributed by atoms with E-state index in [1.807, 2.05) is 6.92 Å². The zero-order chi connectivity index (χ0) is 21.3. The average Bonchev–Trinajstić information content (AvgIpc) is 2.75. The highest BCUT2D eigenvalue weighted by molar-refractivity contribution is 5.90. The van der Waals surface area contributed by atoms with Gasteiger partial charge in [-0.05, 0) is 87.7 Å². The molecule has 3 rings (SSSR count). The quantitative estimate of drug-likeness (QED) is 0.246. The van der Waals surface area contributed by atoms with Crippen LogP contribution < -0.4 is 5.32 Å². The first-order valence-electron chi connectivity index (χ1n) is 10.4. The van der Waals surface area contributed by atoms with Crippen molar-refractivity contribution in [3.63, 3.8) is 0 Å². The lowest BCUT2D eigenvalue weighted by atomic mass is 10.0. The Kier molecular flexibility index (Phi) is 7.66. The Morgan fingerprint density at radius 3 is 2.97 bits per heavy atom. The number of carbonyl (C=O) groups is 1. The standard InChI is InChI=1S/C25H28FN3O/c1-18(16-20-17-21(26)11-14-24(20)27-2)9-13-23(30)8-4-3-7-22-12-10-19-6-5-15-28-25(19)29-22/h9-14,16-17H,2-8,15H2,1H3,(H,28,29)/b13-9+,18-16+. The van der Waals surface area contributed by atoms with E-state index in [9.17, 15) is 9.18 Å². The second kappa shape index (κ2) is 10.6. The minimum atomic E-state index is -0.328. The van der Waals surface area contributed by atoms with Crippen LogP contribution >= 0.6 is 0 Å². The van der Waals surface area contributed by atoms with Gasteiger partial charge in [-0.15, -0.1) is 0 Å². The van der Waals surface area contributed by atoms with Crippen LogP contribution in [0.25, 0.3) is 6.08 Å². The van der Waals surface area contributed by atoms with Crippen LogP contribution in [0.1, 0.15) is 49.4 Å². The third-order valence-corrected chi connectivity index (χ3v) is 5.13. The van der Waals surface area contributed by atoms with E-state index in [0.29, 0.717) is 17.7 Å². The largest absolute Gasteiger partial charge is 0.370 e. The minimum Gasteiger partial charge on any atom is -0.370 e. The second-order valence-electron chi connectivity index (χ2n) is 7.60. The third-order valence-electron chi connectivity index (χ3n) is 5.13. The van der Waals surface area contributed by atoms with Crippen LogP contribution in [-0.2, 0) is 17.6 Å². The van der Waals surface area contributed by atoms with Gasteiger partial charge in [0.25, 0.3) is 0 Å². The fourth-order valence-electron chi connectivity index (χ4n) is 3.50. The van der Waals surface area contributed by atoms with Crippen molar-refractivity contribution < 1.29 is 9.18 Å². The number of hydrogen-bond donors (Lipinski definition) is 1. The lowest BCUT2D eigenvalue weighted by Gasteiger charge is -2.17. The fraction of sp³-hybridized carbons (Fsp3) is 0.320. The summed E-state index contributed by atoms with van der Waals surface area (Å²) >= 11 is 0. The first kappa shape index (κ1) is 21.6. The molecule has 0 radical (unpaired) electrons. The molecule has 30 heavy (non-hydrogen) atoms. The van der Waals surface area contributed by atoms with Crippen LogP contribution in [-0.4, -0.2) is 24.0 Å². The predicted octanol–water partition coefficient (Wildman–Crippen LogP) is 5.85. The second-order valence-corrected chi connectivity index (χ2v) is 7.60. The first-order chi connectivity index (χ1) is 14.5. The van der Waals surface area contributed by atoms with Gasteiger partial charge in [0.05, 0.1) is 5.69 Å². The van der Waals surface area contributed by atoms with Crippen LogP contribution in [0, 0.1) is 5.82 Å². The van der Waals surface area contributed by atoms with Crippen LogP contribution in [0.4, 0.5) is 15.9 Å². The summed E-state index contributed by atoms with van der Waals surface area (Å²) in [7, 11) is 0. The highest BCUT2D eigenvalue weighted by Gasteiger charge is 2.10. The number of carbonyl (C=O) groups excluding carboxylic acids is 1. The third kappa shape index (κ3) is 6.21. The lowest BCUT2D eigenvalue weighted by molar-refractivity contribution is -0.114. The van der Waals surface area contributed by atoms with Crippen molar-refractivity contribution >= 4 is 30.1 Å². The van der Waals surface area contributed by atoms with Gasteiger partial charge in [-0.1, -0.05) is 17.7 Å². The molecule has 0 saturated carbocycles. The van der Waals surface area contributed by atoms with Crippen molar-refractivity contribution in [3.05, 3.63) is 70.7 Å². The van der Waals surface area contributed by atoms with Crippen LogP contribution in [0.5, 0.6) is 0 Å². The van der Waals surface area contributed by atoms with Crippen molar-refractivity contribution in [2.45, 2.75) is 45.4 Å². The molecule has 0 aliphatic carbocycles. The Morgan fingerprint density at radius 1 is 1.27 bits per heavy atom. The van der Waals surface area contributed by atoms with E-state index in [1.165, 1.54) is 17.7 Å². The van der Waals surface area contributed by atoms with Crippen LogP contribution in [0.15, 0.2) is 53.0 Å². The topological polar surface area (TPSA) is 54.4 Å². The number of halogens is 1. The smallest absolute Gasteiger partial charge is 0.155 e. The molecule has 2 heterocycles. The van der Waals surface area contributed by atoms with Crippen molar-refractivity contribution in [1.29, 1.82) is 0 Å². The maximum absolute atomic E-state index is 13.5. The summed E-state index contributed by atoms with van der Waals surface area (Å²) in [4.78, 5) is 20.7. The molecule has 1 N–H and O–H groups in total. The summed E-state index contributed by atoms with van der Waals surface area (Å²) in [5, 5.41) is 3.36. The van der Waals surface area contributed by atoms with E-state index < -0.39 is 0 Å². The summed E-state index contributed by atoms with van der Waals surface area (Å²) in [6.45, 7) is 6.37. The maximum atomic E-state index is 13.5. The van der Waals surface area contributed by atoms with E-state index in [2.05, 4.69) is 29.2 Å². The number of aliphatic imine (C=N–C) groups is 1. The normalized spacial score (nSPS) is 13.7. The number of benzene rings is 1. The Balaban J connectivity index is 1.46. The van der Waals surface area contributed by atoms with Crippen LogP contribution in [0.2, 0.25) is 0 Å². The minimum absolute atomic E-state index is 0.0872. The molecule has 5 heteroatoms. The molecular weight excluding hydrogens is 377 g/mol. The molecule has 2 aromatic rings. The van der Waals surface area contributed by atoms with Crippen molar-refractivity contribution in [3.8, 4) is 0 Å². The number of unbranched alkanes of at least 4 members (excludes halogenated alkanes) is 1. The van der Waals surface area contributed by atoms with Gasteiger partial charge in [0.1, 0.15) is 11.6 Å². The summed E-state index contributed by atoms with van der Waals surface area (Å²) in [6, 6.07) is 8.61. The molecule has 0 saturated heterocycles. The molecule has 1 aliphatic heterocycles. The zero-order valence-electron chi connectivity index (χ0n) is 17.5. The number of pyridine rings is 1. The van der Waals surface area contributed by atoms with Crippen molar-refractivity contribution in [2.75, 3.05) is 11.9 Å². The summed E-state index contributed by atoms with van der Waals surface area (Å²) < 4.78 is 13.5. The number of aryl methyl sites for hydroxylation is 2. The number of allylic oxidation sites excluding steroid dienone is 3. The Morgan fingerprint density at radius 2 is 2.13 bits per heavy atom. The van der Waals surface area contributed by atoms with Gasteiger partial charge in [-0.3, -0.25) is 9.79 Å². The highest BCUT2D eigenvalue weighted by Crippen LogP contribution is 2.23. The number of nitrogens with one attached hydrogen (secondary N) is 1. The number of ketones is 1. The molecule has 0 spiro atoms. The van der Waals surface area contributed by atoms with Crippen molar-refractivity contribution in [1.82, 2.24) is 4.98 Å². The van der Waals surface area contributed by atoms with Gasteiger partial charge >= 0.3 is 0 Å². The molecule has 1 aromatic heterocycles. The summed E-state index contributed by atoms with van der Waals surface area (Å²) in [5.74, 6) is 0.781. The molecule has 156 valence electrons. The van der Waals surface area contributed by atoms with Gasteiger partial charge in [0.15, 0.2) is 5.78 Å². The summed E-state index contributed by atoms with van der Waals surface area (Å²) in [5.41, 5.74) is 4.48. The fourth-order valence-corrected chi connectivity index (χ4v) is 3.50. The van der Waals surface area contributed by atoms with Gasteiger partial charge in [-0.2, -0.15) is 0 Å². The lowest BCUT2D eigenvalue weighted by Crippen LogP contribution is -2.14. The van der Waals surface area contributed by atoms with E-state index in [0.717, 1.165) is 55.7 Å². The zero-order valence-corrected chi connectivity index (χ0v) is 17.5. The van der Waals surface area contributed by atoms with Crippen molar-refractivity contribution in [2.24, 2.45) is 4.99 Å². The number of hydrogen-bond acceptors (Lipinski definition) is 4. The monoisotopic (exact) mass is 405 g/mol. The Bertz CT molecular complexity index is 978. The Hall–Kier alpha value is -3.08. The molecule has 0 atom stereocenters. The van der Waals surface area contributed by atoms with Gasteiger partial charge in [-0.25, -0.2) is 9.37 Å². The van der Waals surface area contributed by atoms with E-state index in [4.69, 9.17) is 4.98 Å². The molecule has 4 nitrogen and oxygen atoms in total. The first-order valence-corrected chi connectivity index (χ1v) is 10.4. The van der Waals surface area contributed by atoms with Crippen LogP contribution in [0.3, 0.4) is 0 Å². The van der Waals surface area contributed by atoms with E-state index >= 15 is 0 Å². The Labute approximate surface area is 177 Å². The molecular formula is C25H28FN3O. The molecule has 1 aromatic carbocycles. The number of fused-ring (bicyclic) bond motifs is 1. The number of anilines is 1. The SMILES string of the molecule is C=Nc1ccc(F)cc1/C=C(C)/C=C/C(=O)CCCCc1ccc2c(n1)NCCC2. The molecule has 0 bridgehead atoms.